The van der Waals surface area contributed by atoms with Crippen molar-refractivity contribution in [3.05, 3.63) is 0 Å². The number of hydrogen-bond donors (Lipinski definition) is 0. The van der Waals surface area contributed by atoms with Crippen molar-refractivity contribution >= 4 is 5.78 Å². The molecule has 2 rings (SSSR count). The van der Waals surface area contributed by atoms with Crippen LogP contribution in [0.2, 0.25) is 0 Å². The summed E-state index contributed by atoms with van der Waals surface area (Å²) in [7, 11) is 0. The van der Waals surface area contributed by atoms with Crippen molar-refractivity contribution in [2.75, 3.05) is 45.9 Å². The first-order valence-electron chi connectivity index (χ1n) is 7.29. The van der Waals surface area contributed by atoms with Gasteiger partial charge in [-0.05, 0) is 26.3 Å². The fourth-order valence-electron chi connectivity index (χ4n) is 3.01. The number of carbonyl (C=O) groups excluding carboxylic acids is 1. The van der Waals surface area contributed by atoms with Crippen molar-refractivity contribution < 1.29 is 9.53 Å². The predicted molar refractivity (Wildman–Crippen MR) is 71.8 cm³/mol. The zero-order chi connectivity index (χ0) is 12.8. The molecule has 0 aromatic heterocycles. The Hall–Kier alpha value is -0.450. The highest BCUT2D eigenvalue weighted by Crippen LogP contribution is 2.19. The minimum atomic E-state index is 0.332. The number of likely N-dealkylation sites (tertiary alicyclic amines) is 1. The zero-order valence-electron chi connectivity index (χ0n) is 11.6. The molecule has 2 heterocycles. The van der Waals surface area contributed by atoms with Crippen molar-refractivity contribution in [1.82, 2.24) is 9.80 Å². The number of ketones is 1. The average Bonchev–Trinajstić information content (AvgIpc) is 2.38. The summed E-state index contributed by atoms with van der Waals surface area (Å²) in [6, 6.07) is 0.497. The maximum absolute atomic E-state index is 11.3. The summed E-state index contributed by atoms with van der Waals surface area (Å²) >= 11 is 0. The number of Topliss-reactive ketones (excluding diaryl/α,β-unsaturated/α-hetero) is 1. The second-order valence-electron chi connectivity index (χ2n) is 5.55. The molecule has 0 radical (unpaired) electrons. The third kappa shape index (κ3) is 4.34. The summed E-state index contributed by atoms with van der Waals surface area (Å²) in [5.74, 6) is 0.332. The maximum atomic E-state index is 11.3. The van der Waals surface area contributed by atoms with Crippen LogP contribution in [0, 0.1) is 0 Å². The summed E-state index contributed by atoms with van der Waals surface area (Å²) in [6.07, 6.45) is 4.51. The van der Waals surface area contributed by atoms with E-state index in [1.807, 2.05) is 0 Å². The summed E-state index contributed by atoms with van der Waals surface area (Å²) in [5.41, 5.74) is 0. The topological polar surface area (TPSA) is 32.8 Å². The van der Waals surface area contributed by atoms with E-state index in [0.717, 1.165) is 45.8 Å². The van der Waals surface area contributed by atoms with Gasteiger partial charge < -0.3 is 4.74 Å². The van der Waals surface area contributed by atoms with Gasteiger partial charge in [-0.15, -0.1) is 0 Å². The summed E-state index contributed by atoms with van der Waals surface area (Å²) < 4.78 is 5.37. The van der Waals surface area contributed by atoms with Gasteiger partial charge in [-0.25, -0.2) is 0 Å². The van der Waals surface area contributed by atoms with Crippen molar-refractivity contribution in [1.29, 1.82) is 0 Å². The molecule has 2 aliphatic heterocycles. The highest BCUT2D eigenvalue weighted by atomic mass is 16.5. The molecule has 0 bridgehead atoms. The lowest BCUT2D eigenvalue weighted by Gasteiger charge is -2.37. The molecule has 0 aromatic rings. The van der Waals surface area contributed by atoms with Gasteiger partial charge in [0, 0.05) is 38.6 Å². The normalized spacial score (nSPS) is 27.3. The van der Waals surface area contributed by atoms with Gasteiger partial charge in [0.25, 0.3) is 0 Å². The smallest absolute Gasteiger partial charge is 0.131 e. The number of carbonyl (C=O) groups is 1. The third-order valence-corrected chi connectivity index (χ3v) is 4.08. The summed E-state index contributed by atoms with van der Waals surface area (Å²) in [5, 5.41) is 0. The van der Waals surface area contributed by atoms with Gasteiger partial charge >= 0.3 is 0 Å². The molecule has 4 heteroatoms. The van der Waals surface area contributed by atoms with E-state index < -0.39 is 0 Å². The monoisotopic (exact) mass is 254 g/mol. The van der Waals surface area contributed by atoms with Gasteiger partial charge in [0.1, 0.15) is 5.78 Å². The SMILES string of the molecule is CC(=O)CC1CCCCN1CCN1CCOCC1. The van der Waals surface area contributed by atoms with E-state index in [0.29, 0.717) is 11.8 Å². The standard InChI is InChI=1S/C14H26N2O2/c1-13(17)12-14-4-2-3-5-16(14)7-6-15-8-10-18-11-9-15/h14H,2-12H2,1H3. The average molecular weight is 254 g/mol. The van der Waals surface area contributed by atoms with Crippen molar-refractivity contribution in [2.45, 2.75) is 38.6 Å². The van der Waals surface area contributed by atoms with E-state index in [9.17, 15) is 4.79 Å². The molecule has 2 saturated heterocycles. The van der Waals surface area contributed by atoms with E-state index in [-0.39, 0.29) is 0 Å². The molecule has 2 aliphatic rings. The lowest BCUT2D eigenvalue weighted by molar-refractivity contribution is -0.118. The Morgan fingerprint density at radius 2 is 1.94 bits per heavy atom. The van der Waals surface area contributed by atoms with Crippen molar-refractivity contribution in [2.24, 2.45) is 0 Å². The molecule has 104 valence electrons. The molecule has 18 heavy (non-hydrogen) atoms. The van der Waals surface area contributed by atoms with Crippen molar-refractivity contribution in [3.8, 4) is 0 Å². The number of ether oxygens (including phenoxy) is 1. The van der Waals surface area contributed by atoms with Crippen LogP contribution in [-0.4, -0.2) is 67.6 Å². The van der Waals surface area contributed by atoms with E-state index in [4.69, 9.17) is 4.74 Å². The van der Waals surface area contributed by atoms with E-state index in [1.165, 1.54) is 25.8 Å². The van der Waals surface area contributed by atoms with E-state index in [2.05, 4.69) is 9.80 Å². The highest BCUT2D eigenvalue weighted by Gasteiger charge is 2.23. The molecule has 0 aliphatic carbocycles. The van der Waals surface area contributed by atoms with Crippen LogP contribution in [0.25, 0.3) is 0 Å². The number of rotatable bonds is 5. The molecule has 1 atom stereocenters. The van der Waals surface area contributed by atoms with Crippen LogP contribution < -0.4 is 0 Å². The Kier molecular flexibility index (Phi) is 5.60. The van der Waals surface area contributed by atoms with Gasteiger partial charge in [0.15, 0.2) is 0 Å². The van der Waals surface area contributed by atoms with E-state index >= 15 is 0 Å². The summed E-state index contributed by atoms with van der Waals surface area (Å²) in [4.78, 5) is 16.3. The fourth-order valence-corrected chi connectivity index (χ4v) is 3.01. The molecular weight excluding hydrogens is 228 g/mol. The number of hydrogen-bond acceptors (Lipinski definition) is 4. The van der Waals surface area contributed by atoms with Gasteiger partial charge in [0.05, 0.1) is 13.2 Å². The fraction of sp³-hybridized carbons (Fsp3) is 0.929. The molecule has 0 amide bonds. The first-order chi connectivity index (χ1) is 8.75. The first-order valence-corrected chi connectivity index (χ1v) is 7.29. The lowest BCUT2D eigenvalue weighted by Crippen LogP contribution is -2.46. The van der Waals surface area contributed by atoms with Crippen LogP contribution in [0.3, 0.4) is 0 Å². The molecule has 2 fully saturated rings. The molecular formula is C14H26N2O2. The van der Waals surface area contributed by atoms with Crippen LogP contribution >= 0.6 is 0 Å². The second kappa shape index (κ2) is 7.22. The second-order valence-corrected chi connectivity index (χ2v) is 5.55. The van der Waals surface area contributed by atoms with Crippen molar-refractivity contribution in [3.63, 3.8) is 0 Å². The van der Waals surface area contributed by atoms with Crippen LogP contribution in [0.5, 0.6) is 0 Å². The number of piperidine rings is 1. The Bertz CT molecular complexity index is 265. The quantitative estimate of drug-likeness (QED) is 0.737. The Balaban J connectivity index is 1.75. The molecule has 1 unspecified atom stereocenters. The molecule has 0 saturated carbocycles. The molecule has 4 nitrogen and oxygen atoms in total. The largest absolute Gasteiger partial charge is 0.379 e. The van der Waals surface area contributed by atoms with Gasteiger partial charge in [-0.3, -0.25) is 14.6 Å². The maximum Gasteiger partial charge on any atom is 0.131 e. The predicted octanol–water partition coefficient (Wildman–Crippen LogP) is 1.15. The van der Waals surface area contributed by atoms with E-state index in [1.54, 1.807) is 6.92 Å². The van der Waals surface area contributed by atoms with Gasteiger partial charge in [-0.2, -0.15) is 0 Å². The first kappa shape index (κ1) is 14.0. The van der Waals surface area contributed by atoms with Crippen LogP contribution in [0.15, 0.2) is 0 Å². The number of morpholine rings is 1. The third-order valence-electron chi connectivity index (χ3n) is 4.08. The molecule has 0 spiro atoms. The Morgan fingerprint density at radius 1 is 1.17 bits per heavy atom. The van der Waals surface area contributed by atoms with Crippen LogP contribution in [-0.2, 0) is 9.53 Å². The van der Waals surface area contributed by atoms with Gasteiger partial charge in [-0.1, -0.05) is 6.42 Å². The Morgan fingerprint density at radius 3 is 2.67 bits per heavy atom. The van der Waals surface area contributed by atoms with Crippen LogP contribution in [0.1, 0.15) is 32.6 Å². The minimum Gasteiger partial charge on any atom is -0.379 e. The highest BCUT2D eigenvalue weighted by molar-refractivity contribution is 5.76. The summed E-state index contributed by atoms with van der Waals surface area (Å²) in [6.45, 7) is 8.98. The molecule has 0 aromatic carbocycles. The molecule has 0 N–H and O–H groups in total. The number of nitrogens with zero attached hydrogens (tertiary/aromatic N) is 2. The minimum absolute atomic E-state index is 0.332. The van der Waals surface area contributed by atoms with Gasteiger partial charge in [0.2, 0.25) is 0 Å². The lowest BCUT2D eigenvalue weighted by atomic mass is 9.98. The Labute approximate surface area is 110 Å². The zero-order valence-corrected chi connectivity index (χ0v) is 11.6. The van der Waals surface area contributed by atoms with Crippen LogP contribution in [0.4, 0.5) is 0 Å².